The fourth-order valence-electron chi connectivity index (χ4n) is 2.59. The van der Waals surface area contributed by atoms with Gasteiger partial charge in [0.05, 0.1) is 0 Å². The van der Waals surface area contributed by atoms with Crippen LogP contribution in [0.25, 0.3) is 0 Å². The highest BCUT2D eigenvalue weighted by atomic mass is 16.2. The number of hydrogen-bond donors (Lipinski definition) is 1. The molecule has 0 radical (unpaired) electrons. The van der Waals surface area contributed by atoms with Crippen LogP contribution in [0.2, 0.25) is 0 Å². The van der Waals surface area contributed by atoms with Gasteiger partial charge in [0.15, 0.2) is 0 Å². The van der Waals surface area contributed by atoms with Crippen LogP contribution in [-0.4, -0.2) is 45.2 Å². The summed E-state index contributed by atoms with van der Waals surface area (Å²) in [5.74, 6) is 0.844. The fraction of sp³-hybridized carbons (Fsp3) is 0.538. The lowest BCUT2D eigenvalue weighted by atomic mass is 10.1. The zero-order chi connectivity index (χ0) is 14.1. The van der Waals surface area contributed by atoms with E-state index in [1.165, 1.54) is 5.01 Å². The number of carbonyl (C=O) groups is 2. The summed E-state index contributed by atoms with van der Waals surface area (Å²) in [5.41, 5.74) is 0.434. The average molecular weight is 275 g/mol. The Bertz CT molecular complexity index is 577. The van der Waals surface area contributed by atoms with E-state index in [4.69, 9.17) is 0 Å². The van der Waals surface area contributed by atoms with Crippen LogP contribution in [0.5, 0.6) is 0 Å². The van der Waals surface area contributed by atoms with E-state index >= 15 is 0 Å². The summed E-state index contributed by atoms with van der Waals surface area (Å²) in [6.07, 6.45) is 6.22. The summed E-state index contributed by atoms with van der Waals surface area (Å²) in [6.45, 7) is 0.739. The third kappa shape index (κ3) is 2.43. The first-order chi connectivity index (χ1) is 9.63. The summed E-state index contributed by atoms with van der Waals surface area (Å²) in [7, 11) is 1.58. The van der Waals surface area contributed by atoms with Crippen molar-refractivity contribution in [3.8, 4) is 0 Å². The Morgan fingerprint density at radius 2 is 2.25 bits per heavy atom. The normalized spacial score (nSPS) is 22.2. The second-order valence-corrected chi connectivity index (χ2v) is 5.17. The maximum Gasteiger partial charge on any atom is 0.267 e. The smallest absolute Gasteiger partial charge is 0.267 e. The van der Waals surface area contributed by atoms with Crippen molar-refractivity contribution in [2.45, 2.75) is 38.3 Å². The molecule has 7 nitrogen and oxygen atoms in total. The number of rotatable bonds is 2. The molecule has 1 aromatic rings. The number of imidazole rings is 1. The lowest BCUT2D eigenvalue weighted by Crippen LogP contribution is -2.45. The van der Waals surface area contributed by atoms with Gasteiger partial charge in [-0.25, -0.2) is 9.99 Å². The standard InChI is InChI=1S/C13H17N5O2/c1-17-12(19)5-3-10(16-17)13(20)15-9-2-4-11-14-6-7-18(11)8-9/h6-7,9H,2-5,8H2,1H3,(H,15,20)/t9-/m0/s1. The third-order valence-corrected chi connectivity index (χ3v) is 3.74. The zero-order valence-corrected chi connectivity index (χ0v) is 11.4. The largest absolute Gasteiger partial charge is 0.346 e. The van der Waals surface area contributed by atoms with Crippen molar-refractivity contribution < 1.29 is 9.59 Å². The number of hydrogen-bond acceptors (Lipinski definition) is 4. The van der Waals surface area contributed by atoms with Crippen LogP contribution in [0.4, 0.5) is 0 Å². The summed E-state index contributed by atoms with van der Waals surface area (Å²) >= 11 is 0. The molecule has 0 unspecified atom stereocenters. The zero-order valence-electron chi connectivity index (χ0n) is 11.4. The van der Waals surface area contributed by atoms with Crippen molar-refractivity contribution in [1.82, 2.24) is 19.9 Å². The van der Waals surface area contributed by atoms with Crippen LogP contribution in [-0.2, 0) is 22.6 Å². The molecule has 106 valence electrons. The first-order valence-corrected chi connectivity index (χ1v) is 6.78. The first-order valence-electron chi connectivity index (χ1n) is 6.78. The van der Waals surface area contributed by atoms with Gasteiger partial charge in [0.25, 0.3) is 5.91 Å². The lowest BCUT2D eigenvalue weighted by Gasteiger charge is -2.26. The SMILES string of the molecule is CN1N=C(C(=O)N[C@H]2CCc3nccn3C2)CCC1=O. The van der Waals surface area contributed by atoms with Gasteiger partial charge in [-0.2, -0.15) is 5.10 Å². The first kappa shape index (κ1) is 12.8. The third-order valence-electron chi connectivity index (χ3n) is 3.74. The predicted octanol–water partition coefficient (Wildman–Crippen LogP) is -0.0777. The maximum absolute atomic E-state index is 12.2. The van der Waals surface area contributed by atoms with Gasteiger partial charge in [0.2, 0.25) is 5.91 Å². The summed E-state index contributed by atoms with van der Waals surface area (Å²) < 4.78 is 2.06. The van der Waals surface area contributed by atoms with Crippen LogP contribution >= 0.6 is 0 Å². The topological polar surface area (TPSA) is 79.6 Å². The lowest BCUT2D eigenvalue weighted by molar-refractivity contribution is -0.130. The van der Waals surface area contributed by atoms with Gasteiger partial charge >= 0.3 is 0 Å². The minimum absolute atomic E-state index is 0.0535. The highest BCUT2D eigenvalue weighted by Crippen LogP contribution is 2.14. The van der Waals surface area contributed by atoms with Crippen molar-refractivity contribution in [1.29, 1.82) is 0 Å². The number of nitrogens with zero attached hydrogens (tertiary/aromatic N) is 4. The highest BCUT2D eigenvalue weighted by Gasteiger charge is 2.25. The van der Waals surface area contributed by atoms with Crippen molar-refractivity contribution in [2.24, 2.45) is 5.10 Å². The van der Waals surface area contributed by atoms with Gasteiger partial charge in [0.1, 0.15) is 11.5 Å². The molecule has 0 saturated carbocycles. The minimum atomic E-state index is -0.169. The van der Waals surface area contributed by atoms with Gasteiger partial charge < -0.3 is 9.88 Å². The number of amides is 2. The van der Waals surface area contributed by atoms with Crippen LogP contribution in [0.3, 0.4) is 0 Å². The van der Waals surface area contributed by atoms with Crippen LogP contribution in [0, 0.1) is 0 Å². The molecule has 3 heterocycles. The molecule has 0 aromatic carbocycles. The van der Waals surface area contributed by atoms with E-state index < -0.39 is 0 Å². The molecular formula is C13H17N5O2. The molecule has 0 saturated heterocycles. The van der Waals surface area contributed by atoms with E-state index in [9.17, 15) is 9.59 Å². The second-order valence-electron chi connectivity index (χ2n) is 5.17. The number of fused-ring (bicyclic) bond motifs is 1. The van der Waals surface area contributed by atoms with Crippen molar-refractivity contribution in [3.05, 3.63) is 18.2 Å². The van der Waals surface area contributed by atoms with E-state index in [1.807, 2.05) is 6.20 Å². The van der Waals surface area contributed by atoms with E-state index in [0.717, 1.165) is 25.2 Å². The summed E-state index contributed by atoms with van der Waals surface area (Å²) in [5, 5.41) is 8.27. The highest BCUT2D eigenvalue weighted by molar-refractivity contribution is 6.39. The molecule has 1 N–H and O–H groups in total. The quantitative estimate of drug-likeness (QED) is 0.820. The van der Waals surface area contributed by atoms with Crippen molar-refractivity contribution >= 4 is 17.5 Å². The molecule has 1 aromatic heterocycles. The molecule has 0 fully saturated rings. The summed E-state index contributed by atoms with van der Waals surface area (Å²) in [4.78, 5) is 27.8. The van der Waals surface area contributed by atoms with Gasteiger partial charge in [-0.1, -0.05) is 0 Å². The number of aromatic nitrogens is 2. The molecule has 0 bridgehead atoms. The molecule has 0 aliphatic carbocycles. The van der Waals surface area contributed by atoms with Gasteiger partial charge in [0, 0.05) is 51.3 Å². The van der Waals surface area contributed by atoms with Crippen LogP contribution in [0.15, 0.2) is 17.5 Å². The Labute approximate surface area is 116 Å². The molecule has 20 heavy (non-hydrogen) atoms. The molecule has 0 spiro atoms. The van der Waals surface area contributed by atoms with Crippen LogP contribution in [0.1, 0.15) is 25.1 Å². The van der Waals surface area contributed by atoms with E-state index in [0.29, 0.717) is 18.6 Å². The molecule has 2 aliphatic rings. The Balaban J connectivity index is 1.63. The molecule has 1 atom stereocenters. The maximum atomic E-state index is 12.2. The number of aryl methyl sites for hydroxylation is 1. The molecule has 3 rings (SSSR count). The number of carbonyl (C=O) groups excluding carboxylic acids is 2. The Hall–Kier alpha value is -2.18. The van der Waals surface area contributed by atoms with E-state index in [-0.39, 0.29) is 17.9 Å². The minimum Gasteiger partial charge on any atom is -0.346 e. The van der Waals surface area contributed by atoms with Gasteiger partial charge in [-0.15, -0.1) is 0 Å². The Kier molecular flexibility index (Phi) is 3.25. The van der Waals surface area contributed by atoms with Crippen molar-refractivity contribution in [3.63, 3.8) is 0 Å². The number of hydrazone groups is 1. The van der Waals surface area contributed by atoms with E-state index in [2.05, 4.69) is 20.0 Å². The van der Waals surface area contributed by atoms with E-state index in [1.54, 1.807) is 13.2 Å². The average Bonchev–Trinajstić information content (AvgIpc) is 2.89. The molecular weight excluding hydrogens is 258 g/mol. The van der Waals surface area contributed by atoms with Gasteiger partial charge in [-0.05, 0) is 6.42 Å². The predicted molar refractivity (Wildman–Crippen MR) is 71.9 cm³/mol. The fourth-order valence-corrected chi connectivity index (χ4v) is 2.59. The monoisotopic (exact) mass is 275 g/mol. The Morgan fingerprint density at radius 3 is 3.05 bits per heavy atom. The van der Waals surface area contributed by atoms with Crippen LogP contribution < -0.4 is 5.32 Å². The number of nitrogens with one attached hydrogen (secondary N) is 1. The second kappa shape index (κ2) is 5.07. The molecule has 2 amide bonds. The summed E-state index contributed by atoms with van der Waals surface area (Å²) in [6, 6.07) is 0.0924. The van der Waals surface area contributed by atoms with Gasteiger partial charge in [-0.3, -0.25) is 9.59 Å². The molecule has 7 heteroatoms. The Morgan fingerprint density at radius 1 is 1.40 bits per heavy atom. The molecule has 2 aliphatic heterocycles. The van der Waals surface area contributed by atoms with Crippen molar-refractivity contribution in [2.75, 3.05) is 7.05 Å².